The second-order valence-electron chi connectivity index (χ2n) is 5.90. The molecule has 1 heterocycles. The van der Waals surface area contributed by atoms with E-state index < -0.39 is 0 Å². The number of rotatable bonds is 3. The molecule has 1 aliphatic heterocycles. The number of nitrogens with zero attached hydrogens (tertiary/aromatic N) is 2. The van der Waals surface area contributed by atoms with Gasteiger partial charge in [0.1, 0.15) is 5.75 Å². The standard InChI is InChI=1S/C16H24N2O3/c1-12-14(5-4-6-15(12)19)16(20)18-7-8-21-11-13(10-18)9-17(2)3/h4-6,13,19H,7-11H2,1-3H3/t13-/m0/s1. The summed E-state index contributed by atoms with van der Waals surface area (Å²) in [6, 6.07) is 5.08. The van der Waals surface area contributed by atoms with E-state index in [-0.39, 0.29) is 11.7 Å². The van der Waals surface area contributed by atoms with Gasteiger partial charge in [0.25, 0.3) is 5.91 Å². The van der Waals surface area contributed by atoms with Gasteiger partial charge >= 0.3 is 0 Å². The lowest BCUT2D eigenvalue weighted by Crippen LogP contribution is -2.38. The number of hydrogen-bond acceptors (Lipinski definition) is 4. The smallest absolute Gasteiger partial charge is 0.254 e. The first-order valence-corrected chi connectivity index (χ1v) is 7.29. The molecule has 1 fully saturated rings. The minimum atomic E-state index is -0.0299. The van der Waals surface area contributed by atoms with Crippen LogP contribution in [0.3, 0.4) is 0 Å². The average Bonchev–Trinajstić information content (AvgIpc) is 2.66. The fourth-order valence-electron chi connectivity index (χ4n) is 2.72. The van der Waals surface area contributed by atoms with E-state index in [4.69, 9.17) is 4.74 Å². The third-order valence-electron chi connectivity index (χ3n) is 3.78. The molecule has 0 spiro atoms. The zero-order valence-electron chi connectivity index (χ0n) is 13.0. The molecule has 0 radical (unpaired) electrons. The Hall–Kier alpha value is -1.59. The first-order valence-electron chi connectivity index (χ1n) is 7.29. The molecule has 0 bridgehead atoms. The fourth-order valence-corrected chi connectivity index (χ4v) is 2.72. The quantitative estimate of drug-likeness (QED) is 0.914. The Morgan fingerprint density at radius 2 is 2.24 bits per heavy atom. The summed E-state index contributed by atoms with van der Waals surface area (Å²) in [5.41, 5.74) is 1.21. The Bertz CT molecular complexity index is 502. The van der Waals surface area contributed by atoms with Gasteiger partial charge in [-0.1, -0.05) is 6.07 Å². The van der Waals surface area contributed by atoms with Gasteiger partial charge in [0.15, 0.2) is 0 Å². The number of aromatic hydroxyl groups is 1. The van der Waals surface area contributed by atoms with Gasteiger partial charge in [0.05, 0.1) is 13.2 Å². The summed E-state index contributed by atoms with van der Waals surface area (Å²) in [4.78, 5) is 16.7. The Labute approximate surface area is 126 Å². The summed E-state index contributed by atoms with van der Waals surface area (Å²) in [7, 11) is 4.05. The SMILES string of the molecule is Cc1c(O)cccc1C(=O)N1CCOC[C@@H](CN(C)C)C1. The third-order valence-corrected chi connectivity index (χ3v) is 3.78. The highest BCUT2D eigenvalue weighted by atomic mass is 16.5. The first-order chi connectivity index (χ1) is 9.99. The van der Waals surface area contributed by atoms with Crippen LogP contribution in [0.25, 0.3) is 0 Å². The van der Waals surface area contributed by atoms with Crippen LogP contribution >= 0.6 is 0 Å². The highest BCUT2D eigenvalue weighted by molar-refractivity contribution is 5.96. The van der Waals surface area contributed by atoms with E-state index in [1.807, 2.05) is 19.0 Å². The van der Waals surface area contributed by atoms with E-state index in [1.165, 1.54) is 0 Å². The normalized spacial score (nSPS) is 19.6. The molecule has 0 aliphatic carbocycles. The van der Waals surface area contributed by atoms with Gasteiger partial charge in [-0.3, -0.25) is 4.79 Å². The fraction of sp³-hybridized carbons (Fsp3) is 0.562. The second-order valence-corrected chi connectivity index (χ2v) is 5.90. The Morgan fingerprint density at radius 3 is 2.95 bits per heavy atom. The Morgan fingerprint density at radius 1 is 1.48 bits per heavy atom. The van der Waals surface area contributed by atoms with Gasteiger partial charge in [-0.15, -0.1) is 0 Å². The summed E-state index contributed by atoms with van der Waals surface area (Å²) in [5.74, 6) is 0.443. The van der Waals surface area contributed by atoms with E-state index in [2.05, 4.69) is 4.90 Å². The molecule has 0 saturated carbocycles. The molecule has 116 valence electrons. The van der Waals surface area contributed by atoms with Gasteiger partial charge in [-0.05, 0) is 33.2 Å². The van der Waals surface area contributed by atoms with Crippen LogP contribution in [-0.4, -0.2) is 67.8 Å². The molecule has 1 N–H and O–H groups in total. The van der Waals surface area contributed by atoms with E-state index in [1.54, 1.807) is 25.1 Å². The maximum Gasteiger partial charge on any atom is 0.254 e. The predicted octanol–water partition coefficient (Wildman–Crippen LogP) is 1.35. The Kier molecular flexibility index (Phi) is 5.20. The van der Waals surface area contributed by atoms with E-state index in [9.17, 15) is 9.90 Å². The zero-order chi connectivity index (χ0) is 15.4. The second kappa shape index (κ2) is 6.91. The molecule has 21 heavy (non-hydrogen) atoms. The molecule has 1 amide bonds. The predicted molar refractivity (Wildman–Crippen MR) is 81.6 cm³/mol. The summed E-state index contributed by atoms with van der Waals surface area (Å²) < 4.78 is 5.61. The molecule has 1 aromatic rings. The third kappa shape index (κ3) is 3.95. The van der Waals surface area contributed by atoms with Crippen molar-refractivity contribution in [2.75, 3.05) is 46.9 Å². The minimum absolute atomic E-state index is 0.0299. The molecule has 1 saturated heterocycles. The molecule has 5 heteroatoms. The highest BCUT2D eigenvalue weighted by Crippen LogP contribution is 2.22. The molecular weight excluding hydrogens is 268 g/mol. The number of carbonyl (C=O) groups excluding carboxylic acids is 1. The van der Waals surface area contributed by atoms with E-state index in [0.29, 0.717) is 43.3 Å². The summed E-state index contributed by atoms with van der Waals surface area (Å²) >= 11 is 0. The lowest BCUT2D eigenvalue weighted by atomic mass is 10.1. The van der Waals surface area contributed by atoms with E-state index in [0.717, 1.165) is 6.54 Å². The largest absolute Gasteiger partial charge is 0.508 e. The van der Waals surface area contributed by atoms with Gasteiger partial charge in [0.2, 0.25) is 0 Å². The number of hydrogen-bond donors (Lipinski definition) is 1. The van der Waals surface area contributed by atoms with Crippen molar-refractivity contribution in [3.8, 4) is 5.75 Å². The van der Waals surface area contributed by atoms with Crippen LogP contribution in [0.1, 0.15) is 15.9 Å². The summed E-state index contributed by atoms with van der Waals surface area (Å²) in [5, 5.41) is 9.77. The lowest BCUT2D eigenvalue weighted by Gasteiger charge is -2.26. The molecule has 1 aliphatic rings. The molecule has 1 aromatic carbocycles. The summed E-state index contributed by atoms with van der Waals surface area (Å²) in [6.45, 7) is 5.19. The van der Waals surface area contributed by atoms with Gasteiger partial charge in [-0.2, -0.15) is 0 Å². The molecule has 0 unspecified atom stereocenters. The van der Waals surface area contributed by atoms with Crippen LogP contribution in [0.5, 0.6) is 5.75 Å². The number of phenols is 1. The van der Waals surface area contributed by atoms with Crippen LogP contribution in [-0.2, 0) is 4.74 Å². The lowest BCUT2D eigenvalue weighted by molar-refractivity contribution is 0.0734. The molecule has 1 atom stereocenters. The number of phenolic OH excluding ortho intramolecular Hbond substituents is 1. The van der Waals surface area contributed by atoms with Crippen LogP contribution in [0.4, 0.5) is 0 Å². The number of carbonyl (C=O) groups is 1. The average molecular weight is 292 g/mol. The zero-order valence-corrected chi connectivity index (χ0v) is 13.0. The number of benzene rings is 1. The van der Waals surface area contributed by atoms with Crippen molar-refractivity contribution < 1.29 is 14.6 Å². The van der Waals surface area contributed by atoms with Crippen LogP contribution in [0.2, 0.25) is 0 Å². The number of amides is 1. The molecule has 0 aromatic heterocycles. The van der Waals surface area contributed by atoms with Crippen molar-refractivity contribution in [2.45, 2.75) is 6.92 Å². The monoisotopic (exact) mass is 292 g/mol. The maximum absolute atomic E-state index is 12.7. The van der Waals surface area contributed by atoms with E-state index >= 15 is 0 Å². The molecule has 2 rings (SSSR count). The highest BCUT2D eigenvalue weighted by Gasteiger charge is 2.25. The van der Waals surface area contributed by atoms with Gasteiger partial charge in [-0.25, -0.2) is 0 Å². The van der Waals surface area contributed by atoms with Crippen molar-refractivity contribution in [1.29, 1.82) is 0 Å². The van der Waals surface area contributed by atoms with Crippen molar-refractivity contribution in [2.24, 2.45) is 5.92 Å². The summed E-state index contributed by atoms with van der Waals surface area (Å²) in [6.07, 6.45) is 0. The number of ether oxygens (including phenoxy) is 1. The maximum atomic E-state index is 12.7. The van der Waals surface area contributed by atoms with Crippen molar-refractivity contribution in [3.63, 3.8) is 0 Å². The van der Waals surface area contributed by atoms with Crippen LogP contribution in [0, 0.1) is 12.8 Å². The molecule has 5 nitrogen and oxygen atoms in total. The van der Waals surface area contributed by atoms with Crippen LogP contribution in [0.15, 0.2) is 18.2 Å². The van der Waals surface area contributed by atoms with Crippen molar-refractivity contribution >= 4 is 5.91 Å². The van der Waals surface area contributed by atoms with Crippen molar-refractivity contribution in [3.05, 3.63) is 29.3 Å². The minimum Gasteiger partial charge on any atom is -0.508 e. The Balaban J connectivity index is 2.15. The van der Waals surface area contributed by atoms with Crippen molar-refractivity contribution in [1.82, 2.24) is 9.80 Å². The van der Waals surface area contributed by atoms with Gasteiger partial charge in [0, 0.05) is 36.7 Å². The first kappa shape index (κ1) is 15.8. The van der Waals surface area contributed by atoms with Gasteiger partial charge < -0.3 is 19.6 Å². The molecular formula is C16H24N2O3. The van der Waals surface area contributed by atoms with Crippen LogP contribution < -0.4 is 0 Å². The topological polar surface area (TPSA) is 53.0 Å².